The molecule has 3 aromatic carbocycles. The van der Waals surface area contributed by atoms with Crippen LogP contribution in [0.1, 0.15) is 58.8 Å². The van der Waals surface area contributed by atoms with Crippen LogP contribution in [0.4, 0.5) is 0 Å². The highest BCUT2D eigenvalue weighted by Crippen LogP contribution is 2.33. The van der Waals surface area contributed by atoms with Crippen molar-refractivity contribution in [1.82, 2.24) is 0 Å². The lowest BCUT2D eigenvalue weighted by molar-refractivity contribution is -0.307. The van der Waals surface area contributed by atoms with Crippen molar-refractivity contribution in [2.45, 2.75) is 83.0 Å². The summed E-state index contributed by atoms with van der Waals surface area (Å²) in [5.41, 5.74) is 0.486. The van der Waals surface area contributed by atoms with Crippen LogP contribution >= 0.6 is 0 Å². The van der Waals surface area contributed by atoms with Gasteiger partial charge in [-0.25, -0.2) is 14.4 Å². The highest BCUT2D eigenvalue weighted by atomic mass is 16.8. The van der Waals surface area contributed by atoms with Crippen LogP contribution in [0.15, 0.2) is 91.0 Å². The van der Waals surface area contributed by atoms with Crippen LogP contribution in [0.5, 0.6) is 0 Å². The molecule has 0 aromatic heterocycles. The third-order valence-corrected chi connectivity index (χ3v) is 8.37. The molecule has 3 aromatic rings. The number of hydrogen-bond acceptors (Lipinski definition) is 17. The van der Waals surface area contributed by atoms with Gasteiger partial charge >= 0.3 is 41.8 Å². The smallest absolute Gasteiger partial charge is 0.338 e. The van der Waals surface area contributed by atoms with Gasteiger partial charge in [-0.15, -0.1) is 0 Å². The lowest BCUT2D eigenvalue weighted by Crippen LogP contribution is -2.63. The van der Waals surface area contributed by atoms with Crippen LogP contribution in [-0.4, -0.2) is 110 Å². The van der Waals surface area contributed by atoms with Gasteiger partial charge < -0.3 is 47.4 Å². The van der Waals surface area contributed by atoms with Gasteiger partial charge in [0.05, 0.1) is 23.3 Å². The Bertz CT molecular complexity index is 1890. The number of carbonyl (C=O) groups excluding carboxylic acids is 7. The van der Waals surface area contributed by atoms with E-state index in [1.807, 2.05) is 0 Å². The van der Waals surface area contributed by atoms with Crippen molar-refractivity contribution < 1.29 is 80.9 Å². The van der Waals surface area contributed by atoms with Gasteiger partial charge in [-0.1, -0.05) is 54.6 Å². The third-order valence-electron chi connectivity index (χ3n) is 8.37. The fourth-order valence-corrected chi connectivity index (χ4v) is 6.01. The summed E-state index contributed by atoms with van der Waals surface area (Å²) in [6.45, 7) is 3.08. The molecule has 0 aliphatic carbocycles. The fraction of sp³-hybridized carbons (Fsp3) is 0.375. The van der Waals surface area contributed by atoms with Crippen molar-refractivity contribution in [2.24, 2.45) is 0 Å². The van der Waals surface area contributed by atoms with E-state index in [9.17, 15) is 33.6 Å². The zero-order valence-electron chi connectivity index (χ0n) is 31.2. The van der Waals surface area contributed by atoms with E-state index in [1.54, 1.807) is 54.6 Å². The molecule has 2 aliphatic rings. The number of rotatable bonds is 14. The summed E-state index contributed by atoms with van der Waals surface area (Å²) < 4.78 is 57.1. The van der Waals surface area contributed by atoms with Crippen molar-refractivity contribution in [3.8, 4) is 0 Å². The average Bonchev–Trinajstić information content (AvgIpc) is 3.50. The minimum atomic E-state index is -1.70. The standard InChI is InChI=1S/C40H40O17/c1-22(41)50-31-30(55-40(53-25(4)44)35(52-24(3)43)33(31)51-23(2)42)21-49-39-34(57-38(47)28-18-12-7-13-19-28)32(56-37(46)27-16-10-6-11-17-27)29(54-39)20-48-36(45)26-14-8-5-9-15-26/h5-19,29-35,39-40H,20-21H2,1-4H3. The van der Waals surface area contributed by atoms with E-state index >= 15 is 0 Å². The van der Waals surface area contributed by atoms with Gasteiger partial charge in [-0.2, -0.15) is 0 Å². The van der Waals surface area contributed by atoms with E-state index in [0.717, 1.165) is 27.7 Å². The van der Waals surface area contributed by atoms with Crippen LogP contribution in [0.2, 0.25) is 0 Å². The summed E-state index contributed by atoms with van der Waals surface area (Å²) in [4.78, 5) is 88.8. The van der Waals surface area contributed by atoms with Gasteiger partial charge in [0, 0.05) is 27.7 Å². The Hall–Kier alpha value is -6.17. The van der Waals surface area contributed by atoms with E-state index in [1.165, 1.54) is 36.4 Å². The zero-order valence-corrected chi connectivity index (χ0v) is 31.2. The normalized spacial score (nSPS) is 25.2. The maximum absolute atomic E-state index is 13.5. The van der Waals surface area contributed by atoms with E-state index in [4.69, 9.17) is 47.4 Å². The van der Waals surface area contributed by atoms with Crippen LogP contribution in [0.3, 0.4) is 0 Å². The quantitative estimate of drug-likeness (QED) is 0.169. The molecule has 9 unspecified atom stereocenters. The third kappa shape index (κ3) is 11.4. The summed E-state index contributed by atoms with van der Waals surface area (Å²) >= 11 is 0. The molecule has 5 rings (SSSR count). The molecule has 0 N–H and O–H groups in total. The second-order valence-electron chi connectivity index (χ2n) is 12.7. The maximum atomic E-state index is 13.5. The van der Waals surface area contributed by atoms with E-state index < -0.39 is 110 Å². The Kier molecular flexibility index (Phi) is 14.4. The van der Waals surface area contributed by atoms with Gasteiger partial charge in [0.2, 0.25) is 12.4 Å². The van der Waals surface area contributed by atoms with Gasteiger partial charge in [-0.05, 0) is 36.4 Å². The summed E-state index contributed by atoms with van der Waals surface area (Å²) in [5.74, 6) is -5.90. The van der Waals surface area contributed by atoms with Crippen LogP contribution in [0.25, 0.3) is 0 Å². The fourth-order valence-electron chi connectivity index (χ4n) is 6.01. The number of ether oxygens (including phenoxy) is 10. The Morgan fingerprint density at radius 1 is 0.421 bits per heavy atom. The number of carbonyl (C=O) groups is 7. The topological polar surface area (TPSA) is 212 Å². The summed E-state index contributed by atoms with van der Waals surface area (Å²) in [5, 5.41) is 0. The molecule has 0 spiro atoms. The molecule has 0 radical (unpaired) electrons. The second-order valence-corrected chi connectivity index (χ2v) is 12.7. The largest absolute Gasteiger partial charge is 0.459 e. The lowest BCUT2D eigenvalue weighted by atomic mass is 9.98. The summed E-state index contributed by atoms with van der Waals surface area (Å²) in [7, 11) is 0. The second kappa shape index (κ2) is 19.6. The van der Waals surface area contributed by atoms with Crippen molar-refractivity contribution in [3.63, 3.8) is 0 Å². The van der Waals surface area contributed by atoms with Crippen molar-refractivity contribution in [2.75, 3.05) is 13.2 Å². The first-order valence-corrected chi connectivity index (χ1v) is 17.7. The summed E-state index contributed by atoms with van der Waals surface area (Å²) in [6.07, 6.45) is -13.7. The predicted octanol–water partition coefficient (Wildman–Crippen LogP) is 3.12. The maximum Gasteiger partial charge on any atom is 0.338 e. The van der Waals surface area contributed by atoms with Gasteiger partial charge in [0.15, 0.2) is 30.7 Å². The molecule has 9 atom stereocenters. The monoisotopic (exact) mass is 792 g/mol. The Morgan fingerprint density at radius 3 is 1.28 bits per heavy atom. The minimum absolute atomic E-state index is 0.124. The first-order valence-electron chi connectivity index (χ1n) is 17.7. The van der Waals surface area contributed by atoms with Gasteiger partial charge in [0.1, 0.15) is 18.8 Å². The van der Waals surface area contributed by atoms with Gasteiger partial charge in [0.25, 0.3) is 0 Å². The van der Waals surface area contributed by atoms with Gasteiger partial charge in [-0.3, -0.25) is 19.2 Å². The average molecular weight is 793 g/mol. The SMILES string of the molecule is CC(=O)OC1OC(COC2OC(COC(=O)c3ccccc3)C(OC(=O)c3ccccc3)C2OC(=O)c2ccccc2)C(OC(C)=O)C(OC(C)=O)C1OC(C)=O. The summed E-state index contributed by atoms with van der Waals surface area (Å²) in [6, 6.07) is 23.8. The number of esters is 7. The highest BCUT2D eigenvalue weighted by Gasteiger charge is 2.55. The number of benzene rings is 3. The number of hydrogen-bond donors (Lipinski definition) is 0. The molecule has 0 bridgehead atoms. The molecular formula is C40H40O17. The molecule has 2 aliphatic heterocycles. The first kappa shape index (κ1) is 42.0. The molecule has 2 heterocycles. The van der Waals surface area contributed by atoms with Crippen LogP contribution in [-0.2, 0) is 66.5 Å². The highest BCUT2D eigenvalue weighted by molar-refractivity contribution is 5.91. The Balaban J connectivity index is 1.48. The molecule has 0 saturated carbocycles. The molecule has 2 saturated heterocycles. The molecule has 17 heteroatoms. The van der Waals surface area contributed by atoms with E-state index in [0.29, 0.717) is 0 Å². The Morgan fingerprint density at radius 2 is 0.789 bits per heavy atom. The molecule has 57 heavy (non-hydrogen) atoms. The van der Waals surface area contributed by atoms with Crippen LogP contribution < -0.4 is 0 Å². The minimum Gasteiger partial charge on any atom is -0.459 e. The zero-order chi connectivity index (χ0) is 41.1. The predicted molar refractivity (Wildman–Crippen MR) is 190 cm³/mol. The van der Waals surface area contributed by atoms with Crippen molar-refractivity contribution >= 4 is 41.8 Å². The molecule has 2 fully saturated rings. The molecule has 302 valence electrons. The first-order chi connectivity index (χ1) is 27.3. The van der Waals surface area contributed by atoms with Crippen molar-refractivity contribution in [3.05, 3.63) is 108 Å². The van der Waals surface area contributed by atoms with Crippen molar-refractivity contribution in [1.29, 1.82) is 0 Å². The lowest BCUT2D eigenvalue weighted by Gasteiger charge is -2.43. The Labute approximate surface area is 326 Å². The molecule has 17 nitrogen and oxygen atoms in total. The van der Waals surface area contributed by atoms with E-state index in [2.05, 4.69) is 0 Å². The van der Waals surface area contributed by atoms with E-state index in [-0.39, 0.29) is 16.7 Å². The molecule has 0 amide bonds. The molecular weight excluding hydrogens is 752 g/mol. The van der Waals surface area contributed by atoms with Crippen LogP contribution in [0, 0.1) is 0 Å².